The third kappa shape index (κ3) is 4.70. The van der Waals surface area contributed by atoms with Crippen LogP contribution in [0.25, 0.3) is 0 Å². The van der Waals surface area contributed by atoms with Gasteiger partial charge >= 0.3 is 0 Å². The molecule has 2 amide bonds. The van der Waals surface area contributed by atoms with Gasteiger partial charge in [-0.15, -0.1) is 0 Å². The number of carbonyl (C=O) groups excluding carboxylic acids is 3. The minimum absolute atomic E-state index is 0.0992. The molecule has 6 nitrogen and oxygen atoms in total. The smallest absolute Gasteiger partial charge is 0.244 e. The Labute approximate surface area is 176 Å². The summed E-state index contributed by atoms with van der Waals surface area (Å²) >= 11 is 0. The number of rotatable bonds is 5. The lowest BCUT2D eigenvalue weighted by molar-refractivity contribution is -0.143. The minimum Gasteiger partial charge on any atom is -0.490 e. The number of carbonyl (C=O) groups is 3. The summed E-state index contributed by atoms with van der Waals surface area (Å²) in [5.74, 6) is -2.11. The molecule has 1 saturated heterocycles. The van der Waals surface area contributed by atoms with E-state index >= 15 is 0 Å². The Morgan fingerprint density at radius 3 is 2.30 bits per heavy atom. The molecule has 1 aliphatic heterocycles. The van der Waals surface area contributed by atoms with E-state index in [9.17, 15) is 14.4 Å². The zero-order valence-electron chi connectivity index (χ0n) is 16.8. The number of Topliss-reactive ketones (excluding diaryl/α,β-unsaturated/α-hetero) is 1. The first-order valence-corrected chi connectivity index (χ1v) is 10.6. The Bertz CT molecular complexity index is 887. The molecule has 2 fully saturated rings. The highest BCUT2D eigenvalue weighted by molar-refractivity contribution is 6.22. The fourth-order valence-electron chi connectivity index (χ4n) is 4.13. The maximum atomic E-state index is 12.6. The molecule has 4 rings (SSSR count). The first kappa shape index (κ1) is 20.1. The Morgan fingerprint density at radius 1 is 0.933 bits per heavy atom. The molecule has 2 aromatic rings. The number of amides is 2. The Balaban J connectivity index is 1.35. The van der Waals surface area contributed by atoms with Gasteiger partial charge in [0.15, 0.2) is 11.7 Å². The molecule has 1 saturated carbocycles. The average Bonchev–Trinajstić information content (AvgIpc) is 2.76. The van der Waals surface area contributed by atoms with Crippen molar-refractivity contribution >= 4 is 23.3 Å². The number of hydrogen-bond donors (Lipinski definition) is 2. The first-order valence-electron chi connectivity index (χ1n) is 10.6. The van der Waals surface area contributed by atoms with Crippen LogP contribution in [0, 0.1) is 5.92 Å². The van der Waals surface area contributed by atoms with Crippen molar-refractivity contribution in [2.75, 3.05) is 5.32 Å². The molecule has 1 heterocycles. The summed E-state index contributed by atoms with van der Waals surface area (Å²) in [7, 11) is 0. The summed E-state index contributed by atoms with van der Waals surface area (Å²) in [5.41, 5.74) is 1.38. The van der Waals surface area contributed by atoms with Gasteiger partial charge in [0.05, 0.1) is 12.1 Å². The van der Waals surface area contributed by atoms with Gasteiger partial charge in [-0.05, 0) is 55.5 Å². The lowest BCUT2D eigenvalue weighted by Crippen LogP contribution is -2.49. The highest BCUT2D eigenvalue weighted by atomic mass is 16.5. The maximum absolute atomic E-state index is 12.6. The zero-order valence-corrected chi connectivity index (χ0v) is 16.8. The van der Waals surface area contributed by atoms with E-state index in [1.807, 2.05) is 30.3 Å². The number of ketones is 1. The van der Waals surface area contributed by atoms with Gasteiger partial charge < -0.3 is 15.4 Å². The van der Waals surface area contributed by atoms with E-state index in [1.54, 1.807) is 24.3 Å². The molecule has 0 bridgehead atoms. The van der Waals surface area contributed by atoms with Crippen molar-refractivity contribution in [2.24, 2.45) is 5.92 Å². The molecule has 2 aliphatic rings. The Morgan fingerprint density at radius 2 is 1.63 bits per heavy atom. The lowest BCUT2D eigenvalue weighted by Gasteiger charge is -2.28. The summed E-state index contributed by atoms with van der Waals surface area (Å²) < 4.78 is 5.99. The number of hydrogen-bond acceptors (Lipinski definition) is 4. The first-order chi connectivity index (χ1) is 14.6. The van der Waals surface area contributed by atoms with Gasteiger partial charge in [0.2, 0.25) is 11.8 Å². The molecule has 6 heteroatoms. The zero-order chi connectivity index (χ0) is 20.9. The summed E-state index contributed by atoms with van der Waals surface area (Å²) in [6.07, 6.45) is 6.15. The fourth-order valence-corrected chi connectivity index (χ4v) is 4.13. The monoisotopic (exact) mass is 406 g/mol. The van der Waals surface area contributed by atoms with Gasteiger partial charge in [0.25, 0.3) is 0 Å². The molecule has 1 aliphatic carbocycles. The molecule has 2 aromatic carbocycles. The van der Waals surface area contributed by atoms with Crippen LogP contribution in [-0.2, 0) is 14.4 Å². The molecular formula is C24H26N2O4. The van der Waals surface area contributed by atoms with Crippen LogP contribution in [0.1, 0.15) is 50.1 Å². The van der Waals surface area contributed by atoms with E-state index in [0.29, 0.717) is 5.69 Å². The van der Waals surface area contributed by atoms with Crippen molar-refractivity contribution in [3.05, 3.63) is 60.2 Å². The second kappa shape index (κ2) is 9.11. The van der Waals surface area contributed by atoms with E-state index in [-0.39, 0.29) is 18.3 Å². The lowest BCUT2D eigenvalue weighted by atomic mass is 9.88. The SMILES string of the molecule is O=C1CC(c2ccccc2)NC(=O)C1C(=O)Nc1ccc(OC2CCCCC2)cc1. The highest BCUT2D eigenvalue weighted by Crippen LogP contribution is 2.26. The molecule has 0 aromatic heterocycles. The number of nitrogens with one attached hydrogen (secondary N) is 2. The van der Waals surface area contributed by atoms with E-state index in [2.05, 4.69) is 10.6 Å². The second-order valence-electron chi connectivity index (χ2n) is 7.97. The van der Waals surface area contributed by atoms with Gasteiger partial charge in [-0.3, -0.25) is 14.4 Å². The molecule has 2 atom stereocenters. The Hall–Kier alpha value is -3.15. The molecular weight excluding hydrogens is 380 g/mol. The van der Waals surface area contributed by atoms with E-state index in [4.69, 9.17) is 4.74 Å². The topological polar surface area (TPSA) is 84.5 Å². The molecule has 0 spiro atoms. The van der Waals surface area contributed by atoms with Crippen LogP contribution in [0.4, 0.5) is 5.69 Å². The van der Waals surface area contributed by atoms with E-state index in [0.717, 1.165) is 24.2 Å². The van der Waals surface area contributed by atoms with Crippen LogP contribution in [0.15, 0.2) is 54.6 Å². The van der Waals surface area contributed by atoms with Crippen LogP contribution in [0.2, 0.25) is 0 Å². The predicted molar refractivity (Wildman–Crippen MR) is 113 cm³/mol. The van der Waals surface area contributed by atoms with E-state index < -0.39 is 23.8 Å². The molecule has 2 unspecified atom stereocenters. The van der Waals surface area contributed by atoms with Gasteiger partial charge in [-0.2, -0.15) is 0 Å². The molecule has 0 radical (unpaired) electrons. The van der Waals surface area contributed by atoms with Crippen molar-refractivity contribution in [1.82, 2.24) is 5.32 Å². The highest BCUT2D eigenvalue weighted by Gasteiger charge is 2.40. The van der Waals surface area contributed by atoms with Crippen LogP contribution < -0.4 is 15.4 Å². The van der Waals surface area contributed by atoms with Crippen molar-refractivity contribution in [3.8, 4) is 5.75 Å². The second-order valence-corrected chi connectivity index (χ2v) is 7.97. The average molecular weight is 406 g/mol. The summed E-state index contributed by atoms with van der Waals surface area (Å²) in [6.45, 7) is 0. The predicted octanol–water partition coefficient (Wildman–Crippen LogP) is 3.78. The molecule has 30 heavy (non-hydrogen) atoms. The maximum Gasteiger partial charge on any atom is 0.244 e. The standard InChI is InChI=1S/C24H26N2O4/c27-21-15-20(16-7-3-1-4-8-16)26-24(29)22(21)23(28)25-17-11-13-19(14-12-17)30-18-9-5-2-6-10-18/h1,3-4,7-8,11-14,18,20,22H,2,5-6,9-10,15H2,(H,25,28)(H,26,29). The number of anilines is 1. The number of ether oxygens (including phenoxy) is 1. The Kier molecular flexibility index (Phi) is 6.12. The normalized spacial score (nSPS) is 22.3. The third-order valence-electron chi connectivity index (χ3n) is 5.75. The van der Waals surface area contributed by atoms with Gasteiger partial charge in [-0.1, -0.05) is 36.8 Å². The van der Waals surface area contributed by atoms with Gasteiger partial charge in [-0.25, -0.2) is 0 Å². The van der Waals surface area contributed by atoms with Crippen molar-refractivity contribution < 1.29 is 19.1 Å². The summed E-state index contributed by atoms with van der Waals surface area (Å²) in [5, 5.41) is 5.48. The molecule has 156 valence electrons. The quantitative estimate of drug-likeness (QED) is 0.740. The van der Waals surface area contributed by atoms with Crippen LogP contribution in [0.3, 0.4) is 0 Å². The third-order valence-corrected chi connectivity index (χ3v) is 5.75. The van der Waals surface area contributed by atoms with Gasteiger partial charge in [0.1, 0.15) is 5.75 Å². The van der Waals surface area contributed by atoms with Crippen LogP contribution in [0.5, 0.6) is 5.75 Å². The fraction of sp³-hybridized carbons (Fsp3) is 0.375. The number of piperidine rings is 1. The summed E-state index contributed by atoms with van der Waals surface area (Å²) in [6, 6.07) is 16.0. The van der Waals surface area contributed by atoms with Crippen LogP contribution >= 0.6 is 0 Å². The van der Waals surface area contributed by atoms with Crippen molar-refractivity contribution in [2.45, 2.75) is 50.7 Å². The van der Waals surface area contributed by atoms with Crippen molar-refractivity contribution in [3.63, 3.8) is 0 Å². The van der Waals surface area contributed by atoms with E-state index in [1.165, 1.54) is 19.3 Å². The minimum atomic E-state index is -1.33. The number of benzene rings is 2. The summed E-state index contributed by atoms with van der Waals surface area (Å²) in [4.78, 5) is 37.6. The van der Waals surface area contributed by atoms with Crippen molar-refractivity contribution in [1.29, 1.82) is 0 Å². The molecule has 2 N–H and O–H groups in total. The largest absolute Gasteiger partial charge is 0.490 e. The van der Waals surface area contributed by atoms with Crippen LogP contribution in [-0.4, -0.2) is 23.7 Å². The van der Waals surface area contributed by atoms with Gasteiger partial charge in [0, 0.05) is 12.1 Å².